The van der Waals surface area contributed by atoms with Crippen molar-refractivity contribution in [3.8, 4) is 6.07 Å². The summed E-state index contributed by atoms with van der Waals surface area (Å²) in [6, 6.07) is 14.8. The van der Waals surface area contributed by atoms with E-state index in [-0.39, 0.29) is 5.78 Å². The molecule has 0 aromatic heterocycles. The molecule has 0 fully saturated rings. The molecule has 0 spiro atoms. The van der Waals surface area contributed by atoms with Crippen molar-refractivity contribution in [1.82, 2.24) is 0 Å². The van der Waals surface area contributed by atoms with Crippen LogP contribution in [0.3, 0.4) is 0 Å². The van der Waals surface area contributed by atoms with Crippen LogP contribution < -0.4 is 0 Å². The molecule has 0 heterocycles. The number of carbonyl (C=O) groups is 1. The van der Waals surface area contributed by atoms with Gasteiger partial charge < -0.3 is 0 Å². The van der Waals surface area contributed by atoms with Crippen LogP contribution in [0.25, 0.3) is 6.08 Å². The van der Waals surface area contributed by atoms with Crippen LogP contribution in [-0.4, -0.2) is 5.78 Å². The number of nitrogens with zero attached hydrogens (tertiary/aromatic N) is 1. The van der Waals surface area contributed by atoms with E-state index in [0.717, 1.165) is 11.1 Å². The molecular formula is C18H15NO. The van der Waals surface area contributed by atoms with Crippen LogP contribution in [0, 0.1) is 25.2 Å². The SMILES string of the molecule is Cc1ccc(C)c(/C=C/C(=O)c2ccc(C#N)cc2)c1. The van der Waals surface area contributed by atoms with Crippen molar-refractivity contribution in [2.45, 2.75) is 13.8 Å². The van der Waals surface area contributed by atoms with E-state index >= 15 is 0 Å². The molecule has 2 rings (SSSR count). The largest absolute Gasteiger partial charge is 0.289 e. The summed E-state index contributed by atoms with van der Waals surface area (Å²) in [5.74, 6) is -0.0598. The van der Waals surface area contributed by atoms with Gasteiger partial charge in [0.05, 0.1) is 11.6 Å². The number of aryl methyl sites for hydroxylation is 2. The van der Waals surface area contributed by atoms with Crippen LogP contribution >= 0.6 is 0 Å². The Hall–Kier alpha value is -2.66. The molecule has 2 nitrogen and oxygen atoms in total. The molecule has 0 unspecified atom stereocenters. The summed E-state index contributed by atoms with van der Waals surface area (Å²) in [7, 11) is 0. The van der Waals surface area contributed by atoms with Crippen molar-refractivity contribution in [2.24, 2.45) is 0 Å². The standard InChI is InChI=1S/C18H15NO/c1-13-3-4-14(2)17(11-13)9-10-18(20)16-7-5-15(12-19)6-8-16/h3-11H,1-2H3/b10-9+. The summed E-state index contributed by atoms with van der Waals surface area (Å²) in [6.07, 6.45) is 3.41. The molecule has 0 aliphatic heterocycles. The third-order valence-electron chi connectivity index (χ3n) is 3.15. The van der Waals surface area contributed by atoms with E-state index in [1.54, 1.807) is 30.3 Å². The minimum atomic E-state index is -0.0598. The molecule has 0 radical (unpaired) electrons. The van der Waals surface area contributed by atoms with E-state index in [2.05, 4.69) is 12.1 Å². The number of benzene rings is 2. The Morgan fingerprint density at radius 1 is 1.10 bits per heavy atom. The minimum absolute atomic E-state index is 0.0598. The second-order valence-corrected chi connectivity index (χ2v) is 4.75. The highest BCUT2D eigenvalue weighted by atomic mass is 16.1. The Labute approximate surface area is 119 Å². The van der Waals surface area contributed by atoms with E-state index in [1.807, 2.05) is 32.1 Å². The molecule has 0 amide bonds. The first-order valence-corrected chi connectivity index (χ1v) is 6.40. The molecule has 2 heteroatoms. The lowest BCUT2D eigenvalue weighted by molar-refractivity contribution is 0.104. The highest BCUT2D eigenvalue weighted by Crippen LogP contribution is 2.13. The second-order valence-electron chi connectivity index (χ2n) is 4.75. The van der Waals surface area contributed by atoms with Crippen LogP contribution in [-0.2, 0) is 0 Å². The topological polar surface area (TPSA) is 40.9 Å². The van der Waals surface area contributed by atoms with Crippen molar-refractivity contribution in [3.63, 3.8) is 0 Å². The Morgan fingerprint density at radius 3 is 2.45 bits per heavy atom. The number of carbonyl (C=O) groups excluding carboxylic acids is 1. The van der Waals surface area contributed by atoms with Gasteiger partial charge in [-0.1, -0.05) is 29.8 Å². The lowest BCUT2D eigenvalue weighted by Gasteiger charge is -2.01. The fraction of sp³-hybridized carbons (Fsp3) is 0.111. The Kier molecular flexibility index (Phi) is 4.12. The van der Waals surface area contributed by atoms with E-state index in [0.29, 0.717) is 11.1 Å². The van der Waals surface area contributed by atoms with Gasteiger partial charge in [-0.05, 0) is 55.3 Å². The lowest BCUT2D eigenvalue weighted by Crippen LogP contribution is -1.94. The van der Waals surface area contributed by atoms with Crippen molar-refractivity contribution in [3.05, 3.63) is 76.4 Å². The fourth-order valence-corrected chi connectivity index (χ4v) is 1.91. The number of ketones is 1. The average Bonchev–Trinajstić information content (AvgIpc) is 2.48. The van der Waals surface area contributed by atoms with Gasteiger partial charge in [-0.2, -0.15) is 5.26 Å². The van der Waals surface area contributed by atoms with E-state index < -0.39 is 0 Å². The molecule has 0 atom stereocenters. The smallest absolute Gasteiger partial charge is 0.185 e. The zero-order valence-corrected chi connectivity index (χ0v) is 11.6. The second kappa shape index (κ2) is 5.99. The van der Waals surface area contributed by atoms with Crippen LogP contribution in [0.1, 0.15) is 32.6 Å². The summed E-state index contributed by atoms with van der Waals surface area (Å²) in [6.45, 7) is 4.05. The van der Waals surface area contributed by atoms with Gasteiger partial charge in [-0.15, -0.1) is 0 Å². The first kappa shape index (κ1) is 13.8. The number of hydrogen-bond acceptors (Lipinski definition) is 2. The molecule has 20 heavy (non-hydrogen) atoms. The molecule has 0 N–H and O–H groups in total. The quantitative estimate of drug-likeness (QED) is 0.617. The Morgan fingerprint density at radius 2 is 1.80 bits per heavy atom. The summed E-state index contributed by atoms with van der Waals surface area (Å²) >= 11 is 0. The third-order valence-corrected chi connectivity index (χ3v) is 3.15. The van der Waals surface area contributed by atoms with Gasteiger partial charge in [0.25, 0.3) is 0 Å². The highest BCUT2D eigenvalue weighted by Gasteiger charge is 2.02. The van der Waals surface area contributed by atoms with Gasteiger partial charge in [-0.3, -0.25) is 4.79 Å². The number of hydrogen-bond donors (Lipinski definition) is 0. The van der Waals surface area contributed by atoms with Gasteiger partial charge in [0.15, 0.2) is 5.78 Å². The van der Waals surface area contributed by atoms with Gasteiger partial charge in [0.1, 0.15) is 0 Å². The predicted molar refractivity (Wildman–Crippen MR) is 80.4 cm³/mol. The van der Waals surface area contributed by atoms with Crippen LogP contribution in [0.2, 0.25) is 0 Å². The Balaban J connectivity index is 2.20. The van der Waals surface area contributed by atoms with E-state index in [9.17, 15) is 4.79 Å². The third kappa shape index (κ3) is 3.21. The van der Waals surface area contributed by atoms with Crippen LogP contribution in [0.4, 0.5) is 0 Å². The van der Waals surface area contributed by atoms with Gasteiger partial charge >= 0.3 is 0 Å². The molecule has 0 aliphatic rings. The summed E-state index contributed by atoms with van der Waals surface area (Å²) in [5, 5.41) is 8.73. The number of nitriles is 1. The molecule has 2 aromatic rings. The summed E-state index contributed by atoms with van der Waals surface area (Å²) in [5.41, 5.74) is 4.50. The predicted octanol–water partition coefficient (Wildman–Crippen LogP) is 4.07. The van der Waals surface area contributed by atoms with Crippen molar-refractivity contribution < 1.29 is 4.79 Å². The maximum absolute atomic E-state index is 12.0. The van der Waals surface area contributed by atoms with Crippen LogP contribution in [0.5, 0.6) is 0 Å². The summed E-state index contributed by atoms with van der Waals surface area (Å²) in [4.78, 5) is 12.0. The molecule has 0 saturated carbocycles. The van der Waals surface area contributed by atoms with Crippen LogP contribution in [0.15, 0.2) is 48.5 Å². The molecule has 0 saturated heterocycles. The first-order chi connectivity index (χ1) is 9.60. The first-order valence-electron chi connectivity index (χ1n) is 6.40. The molecule has 0 aliphatic carbocycles. The van der Waals surface area contributed by atoms with Gasteiger partial charge in [0.2, 0.25) is 0 Å². The van der Waals surface area contributed by atoms with E-state index in [4.69, 9.17) is 5.26 Å². The van der Waals surface area contributed by atoms with Gasteiger partial charge in [-0.25, -0.2) is 0 Å². The van der Waals surface area contributed by atoms with Gasteiger partial charge in [0, 0.05) is 5.56 Å². The zero-order valence-electron chi connectivity index (χ0n) is 11.6. The van der Waals surface area contributed by atoms with Crippen molar-refractivity contribution in [2.75, 3.05) is 0 Å². The fourth-order valence-electron chi connectivity index (χ4n) is 1.91. The monoisotopic (exact) mass is 261 g/mol. The normalized spacial score (nSPS) is 10.4. The van der Waals surface area contributed by atoms with E-state index in [1.165, 1.54) is 5.56 Å². The highest BCUT2D eigenvalue weighted by molar-refractivity contribution is 6.06. The molecule has 2 aromatic carbocycles. The minimum Gasteiger partial charge on any atom is -0.289 e. The average molecular weight is 261 g/mol. The molecule has 98 valence electrons. The maximum atomic E-state index is 12.0. The Bertz CT molecular complexity index is 703. The lowest BCUT2D eigenvalue weighted by atomic mass is 10.0. The zero-order chi connectivity index (χ0) is 14.5. The van der Waals surface area contributed by atoms with Crippen molar-refractivity contribution in [1.29, 1.82) is 5.26 Å². The molecule has 0 bridgehead atoms. The molecular weight excluding hydrogens is 246 g/mol. The summed E-state index contributed by atoms with van der Waals surface area (Å²) < 4.78 is 0. The maximum Gasteiger partial charge on any atom is 0.185 e. The van der Waals surface area contributed by atoms with Crippen molar-refractivity contribution >= 4 is 11.9 Å². The number of allylic oxidation sites excluding steroid dienone is 1. The number of rotatable bonds is 3.